The molecule has 110 valence electrons. The van der Waals surface area contributed by atoms with Gasteiger partial charge >= 0.3 is 0 Å². The molecule has 1 aliphatic rings. The predicted molar refractivity (Wildman–Crippen MR) is 86.4 cm³/mol. The van der Waals surface area contributed by atoms with Crippen LogP contribution in [0.4, 0.5) is 0 Å². The van der Waals surface area contributed by atoms with Crippen LogP contribution < -0.4 is 0 Å². The lowest BCUT2D eigenvalue weighted by atomic mass is 9.99. The Labute approximate surface area is 127 Å². The molecule has 1 saturated heterocycles. The van der Waals surface area contributed by atoms with Gasteiger partial charge < -0.3 is 5.11 Å². The van der Waals surface area contributed by atoms with Gasteiger partial charge in [0.2, 0.25) is 0 Å². The van der Waals surface area contributed by atoms with Gasteiger partial charge in [-0.1, -0.05) is 60.2 Å². The molecule has 2 aromatic carbocycles. The van der Waals surface area contributed by atoms with Crippen LogP contribution in [0.15, 0.2) is 54.6 Å². The lowest BCUT2D eigenvalue weighted by molar-refractivity contribution is 0.125. The molecule has 2 atom stereocenters. The second-order valence-corrected chi connectivity index (χ2v) is 6.08. The van der Waals surface area contributed by atoms with Crippen molar-refractivity contribution in [2.45, 2.75) is 25.4 Å². The van der Waals surface area contributed by atoms with Gasteiger partial charge in [0.05, 0.1) is 6.10 Å². The van der Waals surface area contributed by atoms with Crippen molar-refractivity contribution in [2.75, 3.05) is 19.6 Å². The number of β-amino-alcohol motifs (C(OH)–C–C–N with tert-alkyl or cyclic N) is 1. The van der Waals surface area contributed by atoms with Gasteiger partial charge in [0, 0.05) is 13.1 Å². The summed E-state index contributed by atoms with van der Waals surface area (Å²) in [6.07, 6.45) is 0.796. The highest BCUT2D eigenvalue weighted by Gasteiger charge is 2.25. The molecule has 0 amide bonds. The fraction of sp³-hybridized carbons (Fsp3) is 0.368. The van der Waals surface area contributed by atoms with Crippen LogP contribution in [0.25, 0.3) is 0 Å². The molecule has 2 unspecified atom stereocenters. The quantitative estimate of drug-likeness (QED) is 0.927. The molecule has 0 saturated carbocycles. The highest BCUT2D eigenvalue weighted by atomic mass is 16.3. The minimum Gasteiger partial charge on any atom is -0.387 e. The fourth-order valence-corrected chi connectivity index (χ4v) is 3.13. The van der Waals surface area contributed by atoms with Crippen molar-refractivity contribution in [3.8, 4) is 0 Å². The van der Waals surface area contributed by atoms with Crippen molar-refractivity contribution in [1.82, 2.24) is 4.90 Å². The zero-order chi connectivity index (χ0) is 14.7. The van der Waals surface area contributed by atoms with E-state index in [0.29, 0.717) is 5.92 Å². The Kier molecular flexibility index (Phi) is 4.37. The third-order valence-corrected chi connectivity index (χ3v) is 4.44. The molecule has 0 aromatic heterocycles. The second-order valence-electron chi connectivity index (χ2n) is 6.08. The Morgan fingerprint density at radius 1 is 1.10 bits per heavy atom. The van der Waals surface area contributed by atoms with E-state index in [-0.39, 0.29) is 6.10 Å². The maximum absolute atomic E-state index is 10.4. The molecular weight excluding hydrogens is 258 g/mol. The van der Waals surface area contributed by atoms with Crippen molar-refractivity contribution in [1.29, 1.82) is 0 Å². The molecule has 2 aromatic rings. The molecule has 2 heteroatoms. The summed E-state index contributed by atoms with van der Waals surface area (Å²) in [6, 6.07) is 18.9. The molecule has 1 heterocycles. The number of hydrogen-bond donors (Lipinski definition) is 1. The monoisotopic (exact) mass is 281 g/mol. The first-order valence-corrected chi connectivity index (χ1v) is 7.74. The zero-order valence-corrected chi connectivity index (χ0v) is 12.6. The van der Waals surface area contributed by atoms with E-state index in [9.17, 15) is 5.11 Å². The first kappa shape index (κ1) is 14.3. The lowest BCUT2D eigenvalue weighted by Gasteiger charge is -2.20. The van der Waals surface area contributed by atoms with Crippen LogP contribution in [0.5, 0.6) is 0 Å². The van der Waals surface area contributed by atoms with Crippen molar-refractivity contribution in [3.05, 3.63) is 71.3 Å². The number of benzene rings is 2. The van der Waals surface area contributed by atoms with E-state index in [1.54, 1.807) is 0 Å². The molecule has 0 aliphatic carbocycles. The van der Waals surface area contributed by atoms with E-state index in [2.05, 4.69) is 54.3 Å². The van der Waals surface area contributed by atoms with E-state index in [4.69, 9.17) is 0 Å². The zero-order valence-electron chi connectivity index (χ0n) is 12.6. The van der Waals surface area contributed by atoms with Crippen molar-refractivity contribution in [2.24, 2.45) is 0 Å². The number of nitrogens with zero attached hydrogens (tertiary/aromatic N) is 1. The Morgan fingerprint density at radius 2 is 1.81 bits per heavy atom. The van der Waals surface area contributed by atoms with E-state index < -0.39 is 0 Å². The minimum atomic E-state index is -0.389. The molecule has 1 aliphatic heterocycles. The number of likely N-dealkylation sites (tertiary alicyclic amines) is 1. The molecule has 0 spiro atoms. The number of aliphatic hydroxyl groups is 1. The Bertz CT molecular complexity index is 564. The van der Waals surface area contributed by atoms with Gasteiger partial charge in [-0.2, -0.15) is 0 Å². The summed E-state index contributed by atoms with van der Waals surface area (Å²) >= 11 is 0. The normalized spacial score (nSPS) is 20.6. The number of hydrogen-bond acceptors (Lipinski definition) is 2. The topological polar surface area (TPSA) is 23.5 Å². The summed E-state index contributed by atoms with van der Waals surface area (Å²) in [5.41, 5.74) is 3.67. The summed E-state index contributed by atoms with van der Waals surface area (Å²) in [7, 11) is 0. The Morgan fingerprint density at radius 3 is 2.52 bits per heavy atom. The van der Waals surface area contributed by atoms with Gasteiger partial charge in [-0.15, -0.1) is 0 Å². The summed E-state index contributed by atoms with van der Waals surface area (Å²) < 4.78 is 0. The van der Waals surface area contributed by atoms with Crippen LogP contribution in [-0.2, 0) is 0 Å². The van der Waals surface area contributed by atoms with Gasteiger partial charge in [0.1, 0.15) is 0 Å². The van der Waals surface area contributed by atoms with E-state index >= 15 is 0 Å². The third-order valence-electron chi connectivity index (χ3n) is 4.44. The Hall–Kier alpha value is -1.64. The molecular formula is C19H23NO. The summed E-state index contributed by atoms with van der Waals surface area (Å²) in [4.78, 5) is 2.38. The average Bonchev–Trinajstić information content (AvgIpc) is 2.97. The maximum atomic E-state index is 10.4. The molecule has 2 nitrogen and oxygen atoms in total. The van der Waals surface area contributed by atoms with Gasteiger partial charge in [0.25, 0.3) is 0 Å². The predicted octanol–water partition coefficient (Wildman–Crippen LogP) is 3.52. The standard InChI is InChI=1S/C19H23NO/c1-15-7-9-17(10-8-15)19(21)14-20-12-11-18(13-20)16-5-3-2-4-6-16/h2-10,18-19,21H,11-14H2,1H3. The third kappa shape index (κ3) is 3.52. The first-order chi connectivity index (χ1) is 10.2. The van der Waals surface area contributed by atoms with Crippen LogP contribution in [0.3, 0.4) is 0 Å². The number of aryl methyl sites for hydroxylation is 1. The van der Waals surface area contributed by atoms with Crippen LogP contribution in [-0.4, -0.2) is 29.6 Å². The first-order valence-electron chi connectivity index (χ1n) is 7.74. The summed E-state index contributed by atoms with van der Waals surface area (Å²) in [5, 5.41) is 10.4. The summed E-state index contributed by atoms with van der Waals surface area (Å²) in [6.45, 7) is 4.92. The highest BCUT2D eigenvalue weighted by molar-refractivity contribution is 5.24. The largest absolute Gasteiger partial charge is 0.387 e. The fourth-order valence-electron chi connectivity index (χ4n) is 3.13. The highest BCUT2D eigenvalue weighted by Crippen LogP contribution is 2.28. The average molecular weight is 281 g/mol. The van der Waals surface area contributed by atoms with Crippen LogP contribution in [0.1, 0.15) is 35.1 Å². The molecule has 1 fully saturated rings. The van der Waals surface area contributed by atoms with Crippen molar-refractivity contribution in [3.63, 3.8) is 0 Å². The van der Waals surface area contributed by atoms with Crippen molar-refractivity contribution < 1.29 is 5.11 Å². The minimum absolute atomic E-state index is 0.389. The number of aliphatic hydroxyl groups excluding tert-OH is 1. The summed E-state index contributed by atoms with van der Waals surface area (Å²) in [5.74, 6) is 0.608. The SMILES string of the molecule is Cc1ccc(C(O)CN2CCC(c3ccccc3)C2)cc1. The molecule has 0 radical (unpaired) electrons. The van der Waals surface area contributed by atoms with Gasteiger partial charge in [0.15, 0.2) is 0 Å². The smallest absolute Gasteiger partial charge is 0.0916 e. The van der Waals surface area contributed by atoms with Crippen molar-refractivity contribution >= 4 is 0 Å². The maximum Gasteiger partial charge on any atom is 0.0916 e. The molecule has 3 rings (SSSR count). The van der Waals surface area contributed by atoms with Crippen LogP contribution >= 0.6 is 0 Å². The van der Waals surface area contributed by atoms with Crippen LogP contribution in [0, 0.1) is 6.92 Å². The molecule has 1 N–H and O–H groups in total. The van der Waals surface area contributed by atoms with E-state index in [1.165, 1.54) is 17.5 Å². The van der Waals surface area contributed by atoms with Gasteiger partial charge in [-0.05, 0) is 36.9 Å². The Balaban J connectivity index is 1.58. The molecule has 21 heavy (non-hydrogen) atoms. The van der Waals surface area contributed by atoms with E-state index in [0.717, 1.165) is 25.2 Å². The molecule has 0 bridgehead atoms. The lowest BCUT2D eigenvalue weighted by Crippen LogP contribution is -2.26. The van der Waals surface area contributed by atoms with Gasteiger partial charge in [-0.3, -0.25) is 4.90 Å². The number of rotatable bonds is 4. The second kappa shape index (κ2) is 6.42. The van der Waals surface area contributed by atoms with E-state index in [1.807, 2.05) is 12.1 Å². The van der Waals surface area contributed by atoms with Crippen LogP contribution in [0.2, 0.25) is 0 Å². The van der Waals surface area contributed by atoms with Gasteiger partial charge in [-0.25, -0.2) is 0 Å².